The van der Waals surface area contributed by atoms with Crippen molar-refractivity contribution in [2.24, 2.45) is 0 Å². The molecule has 0 fully saturated rings. The van der Waals surface area contributed by atoms with Gasteiger partial charge in [-0.1, -0.05) is 440 Å². The van der Waals surface area contributed by atoms with Crippen LogP contribution in [0.3, 0.4) is 0 Å². The maximum Gasteiger partial charge on any atom is 3.00 e. The van der Waals surface area contributed by atoms with Gasteiger partial charge in [-0.2, -0.15) is 0 Å². The Morgan fingerprint density at radius 3 is 0.319 bits per heavy atom. The smallest absolute Gasteiger partial charge is 0.411 e. The Kier molecular flexibility index (Phi) is 96.5. The van der Waals surface area contributed by atoms with Gasteiger partial charge in [0.25, 0.3) is 0 Å². The summed E-state index contributed by atoms with van der Waals surface area (Å²) in [5.74, 6) is 0. The maximum absolute atomic E-state index is 5.32. The number of hydrogen-bond acceptors (Lipinski definition) is 6. The van der Waals surface area contributed by atoms with E-state index in [1.54, 1.807) is 0 Å². The van der Waals surface area contributed by atoms with E-state index in [9.17, 15) is 0 Å². The molecule has 0 atom stereocenters. The van der Waals surface area contributed by atoms with Gasteiger partial charge in [-0.3, -0.25) is 0 Å². The third kappa shape index (κ3) is 87.2. The number of nitrogens with zero attached hydrogens (tertiary/aromatic N) is 3. The second-order valence-corrected chi connectivity index (χ2v) is 31.1. The number of hydrogen-bond donors (Lipinski definition) is 0. The molecule has 542 valence electrons. The zero-order chi connectivity index (χ0) is 66.4. The topological polar surface area (TPSA) is 9.72 Å². The van der Waals surface area contributed by atoms with Crippen LogP contribution in [-0.4, -0.2) is 91.4 Å². The predicted octanol–water partition coefficient (Wildman–Crippen LogP) is 28.8. The fourth-order valence-electron chi connectivity index (χ4n) is 12.7. The van der Waals surface area contributed by atoms with E-state index in [2.05, 4.69) is 56.2 Å². The molecule has 3 nitrogen and oxygen atoms in total. The molecular weight excluding hydrogens is 1330 g/mol. The summed E-state index contributed by atoms with van der Waals surface area (Å²) >= 11 is 31.9. The van der Waals surface area contributed by atoms with Crippen LogP contribution in [0.1, 0.15) is 465 Å². The number of thiocarbonyl (C=S) groups is 3. The molecule has 0 aromatic carbocycles. The van der Waals surface area contributed by atoms with Crippen molar-refractivity contribution in [2.75, 3.05) is 39.3 Å². The van der Waals surface area contributed by atoms with E-state index in [0.717, 1.165) is 39.3 Å². The first kappa shape index (κ1) is 98.5. The van der Waals surface area contributed by atoms with E-state index in [-0.39, 0.29) is 24.4 Å². The summed E-state index contributed by atoms with van der Waals surface area (Å²) in [4.78, 5) is 6.85. The molecule has 91 heavy (non-hydrogen) atoms. The van der Waals surface area contributed by atoms with Gasteiger partial charge in [-0.25, -0.2) is 0 Å². The van der Waals surface area contributed by atoms with Crippen LogP contribution in [0.15, 0.2) is 0 Å². The van der Waals surface area contributed by atoms with Gasteiger partial charge >= 0.3 is 24.4 Å². The minimum Gasteiger partial charge on any atom is -0.411 e. The third-order valence-corrected chi connectivity index (χ3v) is 20.5. The second-order valence-electron chi connectivity index (χ2n) is 28.0. The summed E-state index contributed by atoms with van der Waals surface area (Å²) in [6, 6.07) is 0. The fourth-order valence-corrected chi connectivity index (χ4v) is 13.8. The molecular formula is C81H162N3S6Sb. The van der Waals surface area contributed by atoms with Crippen molar-refractivity contribution in [2.45, 2.75) is 465 Å². The Balaban J connectivity index is -0.000000620. The summed E-state index contributed by atoms with van der Waals surface area (Å²) in [5.41, 5.74) is 0. The van der Waals surface area contributed by atoms with E-state index >= 15 is 0 Å². The van der Waals surface area contributed by atoms with Crippen molar-refractivity contribution >= 4 is 112 Å². The standard InChI is InChI=1S/3C27H55NS2.Sb/c3*1-3-5-7-9-11-13-15-17-19-21-23-25-28(27(29)30)26-24-22-20-18-16-14-12-10-8-6-4-2;/h3*3-26H2,1-2H3,(H,29,30);/q;;;+3/p-3. The first-order valence-corrected chi connectivity index (χ1v) is 43.5. The normalized spacial score (nSPS) is 11.0. The fraction of sp³-hybridized carbons (Fsp3) is 0.963. The average Bonchev–Trinajstić information content (AvgIpc) is 3.71. The molecule has 2 radical (unpaired) electrons. The minimum absolute atomic E-state index is 0. The van der Waals surface area contributed by atoms with Gasteiger partial charge in [0.2, 0.25) is 0 Å². The van der Waals surface area contributed by atoms with Crippen molar-refractivity contribution in [3.8, 4) is 0 Å². The maximum atomic E-state index is 5.32. The molecule has 0 aliphatic carbocycles. The first-order chi connectivity index (χ1) is 44.2. The third-order valence-electron chi connectivity index (χ3n) is 19.0. The quantitative estimate of drug-likeness (QED) is 0.0253. The Hall–Kier alpha value is 1.15. The van der Waals surface area contributed by atoms with Crippen LogP contribution in [-0.2, 0) is 37.9 Å². The molecule has 0 aliphatic heterocycles. The summed E-state index contributed by atoms with van der Waals surface area (Å²) in [6.07, 6.45) is 92.0. The minimum atomic E-state index is 0. The zero-order valence-electron chi connectivity index (χ0n) is 62.7. The van der Waals surface area contributed by atoms with E-state index in [1.807, 2.05) is 0 Å². The molecule has 0 aromatic heterocycles. The van der Waals surface area contributed by atoms with Crippen LogP contribution in [0.25, 0.3) is 0 Å². The summed E-state index contributed by atoms with van der Waals surface area (Å²) in [5, 5.41) is 0. The Morgan fingerprint density at radius 2 is 0.242 bits per heavy atom. The van der Waals surface area contributed by atoms with Crippen molar-refractivity contribution in [3.63, 3.8) is 0 Å². The average molecular weight is 1490 g/mol. The van der Waals surface area contributed by atoms with Gasteiger partial charge in [-0.15, -0.1) is 0 Å². The monoisotopic (exact) mass is 1490 g/mol. The second kappa shape index (κ2) is 89.2. The zero-order valence-corrected chi connectivity index (χ0v) is 70.1. The van der Waals surface area contributed by atoms with Crippen molar-refractivity contribution in [1.29, 1.82) is 0 Å². The van der Waals surface area contributed by atoms with E-state index in [0.29, 0.717) is 13.0 Å². The Morgan fingerprint density at radius 1 is 0.165 bits per heavy atom. The summed E-state index contributed by atoms with van der Waals surface area (Å²) in [6.45, 7) is 20.2. The Bertz CT molecular complexity index is 1120. The largest absolute Gasteiger partial charge is 3.00 e. The molecule has 0 bridgehead atoms. The number of rotatable bonds is 72. The molecule has 0 unspecified atom stereocenters. The SMILES string of the molecule is CCCCCCCCCCCCCN(CCCCCCCCCCCCC)C(=S)[S-].CCCCCCCCCCCCCN(CCCCCCCCCCCCC)C(=S)[S-].CCCCCCCCCCCCCN(CCCCCCCCCCCCC)C(=S)[S-].[Sb+3]. The predicted molar refractivity (Wildman–Crippen MR) is 439 cm³/mol. The molecule has 0 rings (SSSR count). The molecule has 0 saturated carbocycles. The van der Waals surface area contributed by atoms with Crippen LogP contribution in [0, 0.1) is 0 Å². The van der Waals surface area contributed by atoms with Crippen LogP contribution in [0.4, 0.5) is 0 Å². The summed E-state index contributed by atoms with van der Waals surface area (Å²) < 4.78 is 2.07. The molecule has 0 amide bonds. The molecule has 0 spiro atoms. The van der Waals surface area contributed by atoms with E-state index < -0.39 is 0 Å². The van der Waals surface area contributed by atoms with Crippen LogP contribution >= 0.6 is 36.7 Å². The van der Waals surface area contributed by atoms with E-state index in [1.165, 1.54) is 424 Å². The van der Waals surface area contributed by atoms with Crippen molar-refractivity contribution in [1.82, 2.24) is 14.7 Å². The van der Waals surface area contributed by atoms with Crippen LogP contribution in [0.2, 0.25) is 0 Å². The molecule has 0 N–H and O–H groups in total. The van der Waals surface area contributed by atoms with Gasteiger partial charge in [0.15, 0.2) is 0 Å². The van der Waals surface area contributed by atoms with Gasteiger partial charge < -0.3 is 89.2 Å². The van der Waals surface area contributed by atoms with Gasteiger partial charge in [0, 0.05) is 39.3 Å². The van der Waals surface area contributed by atoms with Crippen molar-refractivity contribution in [3.05, 3.63) is 0 Å². The van der Waals surface area contributed by atoms with Crippen molar-refractivity contribution < 1.29 is 0 Å². The van der Waals surface area contributed by atoms with Gasteiger partial charge in [0.05, 0.1) is 0 Å². The number of unbranched alkanes of at least 4 members (excludes halogenated alkanes) is 60. The summed E-state index contributed by atoms with van der Waals surface area (Å²) in [7, 11) is 0. The molecule has 0 aromatic rings. The Labute approximate surface area is 625 Å². The first-order valence-electron chi connectivity index (χ1n) is 41.0. The molecule has 0 heterocycles. The van der Waals surface area contributed by atoms with Crippen LogP contribution < -0.4 is 0 Å². The molecule has 0 aliphatic rings. The van der Waals surface area contributed by atoms with Crippen LogP contribution in [0.5, 0.6) is 0 Å². The molecule has 10 heteroatoms. The van der Waals surface area contributed by atoms with Gasteiger partial charge in [-0.05, 0) is 38.5 Å². The molecule has 0 saturated heterocycles. The van der Waals surface area contributed by atoms with Gasteiger partial charge in [0.1, 0.15) is 0 Å². The van der Waals surface area contributed by atoms with E-state index in [4.69, 9.17) is 74.5 Å².